The number of nitrogens with zero attached hydrogens (tertiary/aromatic N) is 3. The topological polar surface area (TPSA) is 55.0 Å². The third-order valence-electron chi connectivity index (χ3n) is 3.14. The lowest BCUT2D eigenvalue weighted by atomic mass is 10.1. The fourth-order valence-electron chi connectivity index (χ4n) is 2.03. The van der Waals surface area contributed by atoms with Crippen LogP contribution in [0.5, 0.6) is 0 Å². The van der Waals surface area contributed by atoms with Crippen LogP contribution in [0.1, 0.15) is 44.5 Å². The summed E-state index contributed by atoms with van der Waals surface area (Å²) >= 11 is 5.20. The van der Waals surface area contributed by atoms with Crippen LogP contribution in [-0.2, 0) is 0 Å². The molecule has 0 radical (unpaired) electrons. The van der Waals surface area contributed by atoms with Gasteiger partial charge in [-0.15, -0.1) is 5.10 Å². The maximum Gasteiger partial charge on any atom is 0.162 e. The van der Waals surface area contributed by atoms with Crippen LogP contribution < -0.4 is 10.6 Å². The summed E-state index contributed by atoms with van der Waals surface area (Å²) in [6, 6.07) is 0.326. The summed E-state index contributed by atoms with van der Waals surface area (Å²) in [5.74, 6) is 1.34. The van der Waals surface area contributed by atoms with Gasteiger partial charge in [0.1, 0.15) is 4.99 Å². The second kappa shape index (κ2) is 6.28. The Hall–Kier alpha value is -1.23. The standard InChI is InChI=1S/C14H24N4S/c1-8(2)7-18(9(3)4)14-12(13(15)19)10(5)11(6)16-17-14/h8-9H,7H2,1-6H3,(H2,15,19). The lowest BCUT2D eigenvalue weighted by molar-refractivity contribution is 0.562. The van der Waals surface area contributed by atoms with Crippen molar-refractivity contribution in [1.29, 1.82) is 0 Å². The van der Waals surface area contributed by atoms with Crippen molar-refractivity contribution in [2.45, 2.75) is 47.6 Å². The Labute approximate surface area is 121 Å². The van der Waals surface area contributed by atoms with Crippen LogP contribution >= 0.6 is 12.2 Å². The Balaban J connectivity index is 3.38. The molecule has 5 heteroatoms. The van der Waals surface area contributed by atoms with Crippen molar-refractivity contribution < 1.29 is 0 Å². The molecule has 0 bridgehead atoms. The Morgan fingerprint density at radius 2 is 1.79 bits per heavy atom. The molecule has 0 saturated heterocycles. The van der Waals surface area contributed by atoms with E-state index in [1.54, 1.807) is 0 Å². The molecule has 0 unspecified atom stereocenters. The van der Waals surface area contributed by atoms with Crippen LogP contribution in [-0.4, -0.2) is 27.8 Å². The predicted molar refractivity (Wildman–Crippen MR) is 84.7 cm³/mol. The normalized spacial score (nSPS) is 11.2. The summed E-state index contributed by atoms with van der Waals surface area (Å²) < 4.78 is 0. The Morgan fingerprint density at radius 3 is 2.21 bits per heavy atom. The van der Waals surface area contributed by atoms with E-state index in [9.17, 15) is 0 Å². The summed E-state index contributed by atoms with van der Waals surface area (Å²) in [4.78, 5) is 2.61. The first-order valence-electron chi connectivity index (χ1n) is 6.66. The van der Waals surface area contributed by atoms with Crippen LogP contribution in [0.15, 0.2) is 0 Å². The van der Waals surface area contributed by atoms with Gasteiger partial charge in [-0.05, 0) is 39.2 Å². The molecule has 0 aliphatic carbocycles. The zero-order chi connectivity index (χ0) is 14.7. The summed E-state index contributed by atoms with van der Waals surface area (Å²) in [5, 5.41) is 8.57. The smallest absolute Gasteiger partial charge is 0.162 e. The minimum Gasteiger partial charge on any atom is -0.389 e. The first-order chi connectivity index (χ1) is 8.75. The van der Waals surface area contributed by atoms with Crippen molar-refractivity contribution in [3.8, 4) is 0 Å². The second-order valence-electron chi connectivity index (χ2n) is 5.61. The number of anilines is 1. The van der Waals surface area contributed by atoms with Gasteiger partial charge < -0.3 is 10.6 Å². The zero-order valence-corrected chi connectivity index (χ0v) is 13.5. The Bertz CT molecular complexity index is 469. The first-order valence-corrected chi connectivity index (χ1v) is 7.06. The minimum atomic E-state index is 0.326. The maximum absolute atomic E-state index is 5.89. The molecular weight excluding hydrogens is 256 g/mol. The molecule has 0 fully saturated rings. The molecule has 0 aromatic carbocycles. The van der Waals surface area contributed by atoms with Gasteiger partial charge in [0, 0.05) is 12.6 Å². The van der Waals surface area contributed by atoms with Gasteiger partial charge in [0.2, 0.25) is 0 Å². The van der Waals surface area contributed by atoms with Crippen LogP contribution in [0.3, 0.4) is 0 Å². The quantitative estimate of drug-likeness (QED) is 0.840. The molecule has 2 N–H and O–H groups in total. The number of rotatable bonds is 5. The molecule has 1 aromatic rings. The molecule has 0 spiro atoms. The van der Waals surface area contributed by atoms with E-state index < -0.39 is 0 Å². The van der Waals surface area contributed by atoms with Crippen LogP contribution in [0.4, 0.5) is 5.82 Å². The molecule has 4 nitrogen and oxygen atoms in total. The minimum absolute atomic E-state index is 0.326. The van der Waals surface area contributed by atoms with Crippen LogP contribution in [0.25, 0.3) is 0 Å². The highest BCUT2D eigenvalue weighted by atomic mass is 32.1. The van der Waals surface area contributed by atoms with E-state index in [0.29, 0.717) is 16.9 Å². The van der Waals surface area contributed by atoms with Crippen molar-refractivity contribution in [3.05, 3.63) is 16.8 Å². The summed E-state index contributed by atoms with van der Waals surface area (Å²) in [5.41, 5.74) is 8.64. The molecule has 19 heavy (non-hydrogen) atoms. The number of aryl methyl sites for hydroxylation is 1. The van der Waals surface area contributed by atoms with Gasteiger partial charge >= 0.3 is 0 Å². The highest BCUT2D eigenvalue weighted by Crippen LogP contribution is 2.24. The van der Waals surface area contributed by atoms with Gasteiger partial charge in [0.25, 0.3) is 0 Å². The number of thiocarbonyl (C=S) groups is 1. The van der Waals surface area contributed by atoms with Gasteiger partial charge in [-0.1, -0.05) is 26.1 Å². The van der Waals surface area contributed by atoms with Crippen molar-refractivity contribution in [2.75, 3.05) is 11.4 Å². The van der Waals surface area contributed by atoms with E-state index >= 15 is 0 Å². The van der Waals surface area contributed by atoms with E-state index in [0.717, 1.165) is 29.2 Å². The molecule has 0 aliphatic rings. The number of hydrogen-bond donors (Lipinski definition) is 1. The highest BCUT2D eigenvalue weighted by Gasteiger charge is 2.21. The fourth-order valence-corrected chi connectivity index (χ4v) is 2.27. The zero-order valence-electron chi connectivity index (χ0n) is 12.7. The summed E-state index contributed by atoms with van der Waals surface area (Å²) in [7, 11) is 0. The van der Waals surface area contributed by atoms with Gasteiger partial charge in [-0.2, -0.15) is 5.10 Å². The number of hydrogen-bond acceptors (Lipinski definition) is 4. The SMILES string of the molecule is Cc1nnc(N(CC(C)C)C(C)C)c(C(N)=S)c1C. The van der Waals surface area contributed by atoms with Gasteiger partial charge in [-0.25, -0.2) is 0 Å². The molecule has 1 rings (SSSR count). The van der Waals surface area contributed by atoms with E-state index in [1.807, 2.05) is 13.8 Å². The molecule has 0 saturated carbocycles. The molecule has 0 amide bonds. The maximum atomic E-state index is 5.89. The predicted octanol–water partition coefficient (Wildman–Crippen LogP) is 2.60. The third kappa shape index (κ3) is 3.62. The van der Waals surface area contributed by atoms with Crippen LogP contribution in [0, 0.1) is 19.8 Å². The molecule has 0 aliphatic heterocycles. The Morgan fingerprint density at radius 1 is 1.21 bits per heavy atom. The van der Waals surface area contributed by atoms with Crippen molar-refractivity contribution in [2.24, 2.45) is 11.7 Å². The summed E-state index contributed by atoms with van der Waals surface area (Å²) in [6.07, 6.45) is 0. The first kappa shape index (κ1) is 15.8. The number of aromatic nitrogens is 2. The van der Waals surface area contributed by atoms with Crippen LogP contribution in [0.2, 0.25) is 0 Å². The van der Waals surface area contributed by atoms with Crippen molar-refractivity contribution in [1.82, 2.24) is 10.2 Å². The van der Waals surface area contributed by atoms with E-state index in [2.05, 4.69) is 42.8 Å². The number of nitrogens with two attached hydrogens (primary N) is 1. The van der Waals surface area contributed by atoms with Gasteiger partial charge in [0.05, 0.1) is 11.3 Å². The van der Waals surface area contributed by atoms with E-state index in [1.165, 1.54) is 0 Å². The lowest BCUT2D eigenvalue weighted by Crippen LogP contribution is -2.37. The monoisotopic (exact) mass is 280 g/mol. The highest BCUT2D eigenvalue weighted by molar-refractivity contribution is 7.80. The Kier molecular flexibility index (Phi) is 5.23. The van der Waals surface area contributed by atoms with Gasteiger partial charge in [0.15, 0.2) is 5.82 Å². The molecule has 1 heterocycles. The molecular formula is C14H24N4S. The lowest BCUT2D eigenvalue weighted by Gasteiger charge is -2.31. The van der Waals surface area contributed by atoms with E-state index in [4.69, 9.17) is 18.0 Å². The van der Waals surface area contributed by atoms with Crippen molar-refractivity contribution in [3.63, 3.8) is 0 Å². The average molecular weight is 280 g/mol. The van der Waals surface area contributed by atoms with Crippen molar-refractivity contribution >= 4 is 23.0 Å². The average Bonchev–Trinajstić information content (AvgIpc) is 2.28. The fraction of sp³-hybridized carbons (Fsp3) is 0.643. The largest absolute Gasteiger partial charge is 0.389 e. The molecule has 1 aromatic heterocycles. The van der Waals surface area contributed by atoms with Gasteiger partial charge in [-0.3, -0.25) is 0 Å². The second-order valence-corrected chi connectivity index (χ2v) is 6.05. The third-order valence-corrected chi connectivity index (χ3v) is 3.34. The summed E-state index contributed by atoms with van der Waals surface area (Å²) in [6.45, 7) is 13.5. The van der Waals surface area contributed by atoms with E-state index in [-0.39, 0.29) is 0 Å². The molecule has 0 atom stereocenters. The molecule has 106 valence electrons.